The van der Waals surface area contributed by atoms with Crippen molar-refractivity contribution in [2.45, 2.75) is 173 Å². The topological polar surface area (TPSA) is 182 Å². The largest absolute Gasteiger partial charge is 0.435 e. The summed E-state index contributed by atoms with van der Waals surface area (Å²) in [6.07, 6.45) is 3.93. The highest BCUT2D eigenvalue weighted by molar-refractivity contribution is 5.81. The average Bonchev–Trinajstić information content (AvgIpc) is 3.62. The molecule has 8 aliphatic heterocycles. The van der Waals surface area contributed by atoms with Gasteiger partial charge in [0.25, 0.3) is 0 Å². The number of rotatable bonds is 12. The van der Waals surface area contributed by atoms with Crippen LogP contribution in [0.2, 0.25) is 0 Å². The number of hydrogen-bond acceptors (Lipinski definition) is 15. The average molecular weight is 870 g/mol. The summed E-state index contributed by atoms with van der Waals surface area (Å²) in [5.74, 6) is -2.50. The third kappa shape index (κ3) is 7.98. The zero-order valence-electron chi connectivity index (χ0n) is 36.8. The second-order valence-corrected chi connectivity index (χ2v) is 19.7. The lowest BCUT2D eigenvalue weighted by Gasteiger charge is -2.59. The number of esters is 3. The first-order chi connectivity index (χ1) is 29.6. The van der Waals surface area contributed by atoms with Gasteiger partial charge in [-0.2, -0.15) is 0 Å². The van der Waals surface area contributed by atoms with Crippen molar-refractivity contribution in [1.29, 1.82) is 0 Å². The number of nitrogens with one attached hydrogen (secondary N) is 1. The Balaban J connectivity index is 0.679. The minimum atomic E-state index is -0.935. The Bertz CT molecular complexity index is 1860. The summed E-state index contributed by atoms with van der Waals surface area (Å²) in [6, 6.07) is 6.93. The monoisotopic (exact) mass is 869 g/mol. The van der Waals surface area contributed by atoms with Gasteiger partial charge in [-0.05, 0) is 100 Å². The van der Waals surface area contributed by atoms with Gasteiger partial charge in [0.2, 0.25) is 30.1 Å². The van der Waals surface area contributed by atoms with Crippen molar-refractivity contribution in [1.82, 2.24) is 5.32 Å². The van der Waals surface area contributed by atoms with Gasteiger partial charge in [0, 0.05) is 49.5 Å². The fourth-order valence-electron chi connectivity index (χ4n) is 12.2. The molecule has 2 aliphatic carbocycles. The molecule has 0 unspecified atom stereocenters. The van der Waals surface area contributed by atoms with E-state index in [0.29, 0.717) is 43.4 Å². The maximum atomic E-state index is 13.0. The smallest absolute Gasteiger partial charge is 0.311 e. The lowest BCUT2D eigenvalue weighted by atomic mass is 9.58. The minimum absolute atomic E-state index is 0.0106. The molecule has 8 heterocycles. The van der Waals surface area contributed by atoms with Crippen LogP contribution in [0.4, 0.5) is 0 Å². The van der Waals surface area contributed by atoms with Crippen LogP contribution >= 0.6 is 0 Å². The second kappa shape index (κ2) is 17.0. The molecule has 8 saturated heterocycles. The maximum absolute atomic E-state index is 13.0. The zero-order valence-corrected chi connectivity index (χ0v) is 36.8. The summed E-state index contributed by atoms with van der Waals surface area (Å²) in [5.41, 5.74) is -0.597. The highest BCUT2D eigenvalue weighted by Crippen LogP contribution is 2.62. The quantitative estimate of drug-likeness (QED) is 0.140. The molecule has 1 aromatic rings. The predicted octanol–water partition coefficient (Wildman–Crippen LogP) is 6.31. The van der Waals surface area contributed by atoms with Crippen molar-refractivity contribution in [3.63, 3.8) is 0 Å². The molecule has 1 amide bonds. The molecule has 11 rings (SSSR count). The minimum Gasteiger partial charge on any atom is -0.435 e. The summed E-state index contributed by atoms with van der Waals surface area (Å²) in [5, 5.41) is 2.86. The third-order valence-corrected chi connectivity index (χ3v) is 15.7. The first kappa shape index (κ1) is 44.0. The summed E-state index contributed by atoms with van der Waals surface area (Å²) in [4.78, 5) is 75.4. The molecule has 1 N–H and O–H groups in total. The Morgan fingerprint density at radius 2 is 1.10 bits per heavy atom. The van der Waals surface area contributed by atoms with Gasteiger partial charge < -0.3 is 38.5 Å². The van der Waals surface area contributed by atoms with Crippen molar-refractivity contribution < 1.29 is 71.9 Å². The number of carbonyl (C=O) groups is 4. The van der Waals surface area contributed by atoms with Crippen LogP contribution < -0.4 is 10.1 Å². The predicted molar refractivity (Wildman–Crippen MR) is 213 cm³/mol. The summed E-state index contributed by atoms with van der Waals surface area (Å²) < 4.78 is 42.5. The molecule has 16 nitrogen and oxygen atoms in total. The molecular weight excluding hydrogens is 806 g/mol. The summed E-state index contributed by atoms with van der Waals surface area (Å²) >= 11 is 0. The van der Waals surface area contributed by atoms with Crippen LogP contribution in [0.3, 0.4) is 0 Å². The van der Waals surface area contributed by atoms with Crippen molar-refractivity contribution in [2.75, 3.05) is 6.54 Å². The van der Waals surface area contributed by atoms with Crippen molar-refractivity contribution in [3.05, 3.63) is 29.8 Å². The van der Waals surface area contributed by atoms with Gasteiger partial charge in [-0.1, -0.05) is 39.8 Å². The number of hydrogen-bond donors (Lipinski definition) is 1. The number of fused-ring (bicyclic) bond motifs is 4. The lowest BCUT2D eigenvalue weighted by molar-refractivity contribution is -0.576. The van der Waals surface area contributed by atoms with Gasteiger partial charge in [0.05, 0.1) is 19.3 Å². The molecule has 10 fully saturated rings. The van der Waals surface area contributed by atoms with E-state index in [2.05, 4.69) is 19.2 Å². The molecule has 342 valence electrons. The summed E-state index contributed by atoms with van der Waals surface area (Å²) in [6.45, 7) is 12.5. The lowest BCUT2D eigenvalue weighted by Crippen LogP contribution is -2.70. The van der Waals surface area contributed by atoms with Crippen LogP contribution in [0.25, 0.3) is 0 Å². The van der Waals surface area contributed by atoms with E-state index in [0.717, 1.165) is 44.1 Å². The highest BCUT2D eigenvalue weighted by atomic mass is 17.3. The highest BCUT2D eigenvalue weighted by Gasteiger charge is 2.71. The Hall–Kier alpha value is -3.22. The van der Waals surface area contributed by atoms with Crippen molar-refractivity contribution >= 4 is 23.8 Å². The first-order valence-corrected chi connectivity index (χ1v) is 23.0. The van der Waals surface area contributed by atoms with E-state index in [9.17, 15) is 19.2 Å². The molecule has 16 heteroatoms. The molecule has 2 spiro atoms. The van der Waals surface area contributed by atoms with E-state index < -0.39 is 65.8 Å². The van der Waals surface area contributed by atoms with E-state index in [1.54, 1.807) is 24.3 Å². The van der Waals surface area contributed by atoms with Gasteiger partial charge in [-0.3, -0.25) is 19.2 Å². The fourth-order valence-corrected chi connectivity index (χ4v) is 12.2. The van der Waals surface area contributed by atoms with E-state index in [-0.39, 0.29) is 67.1 Å². The Morgan fingerprint density at radius 1 is 0.613 bits per heavy atom. The van der Waals surface area contributed by atoms with Crippen LogP contribution in [0, 0.1) is 47.3 Å². The Morgan fingerprint density at radius 3 is 1.61 bits per heavy atom. The second-order valence-electron chi connectivity index (χ2n) is 19.7. The van der Waals surface area contributed by atoms with E-state index in [4.69, 9.17) is 52.7 Å². The third-order valence-electron chi connectivity index (χ3n) is 15.7. The van der Waals surface area contributed by atoms with Gasteiger partial charge in [0.1, 0.15) is 5.75 Å². The number of carbonyl (C=O) groups excluding carboxylic acids is 4. The van der Waals surface area contributed by atoms with Crippen molar-refractivity contribution in [2.24, 2.45) is 47.3 Å². The normalized spacial score (nSPS) is 43.8. The molecular formula is C46H63NO15. The molecule has 2 saturated carbocycles. The number of amides is 1. The van der Waals surface area contributed by atoms with Gasteiger partial charge in [-0.25, -0.2) is 19.6 Å². The van der Waals surface area contributed by atoms with Gasteiger partial charge >= 0.3 is 17.9 Å². The van der Waals surface area contributed by atoms with Gasteiger partial charge in [-0.15, -0.1) is 0 Å². The molecule has 0 aromatic heterocycles. The zero-order chi connectivity index (χ0) is 43.6. The Kier molecular flexibility index (Phi) is 12.0. The first-order valence-electron chi connectivity index (χ1n) is 23.0. The van der Waals surface area contributed by atoms with Crippen LogP contribution in [-0.2, 0) is 73.6 Å². The molecule has 62 heavy (non-hydrogen) atoms. The van der Waals surface area contributed by atoms with E-state index >= 15 is 0 Å². The standard InChI is InChI=1S/C46H63NO15/c1-25-7-13-33-27(3)39(55-41-45(33)31(25)19-22-43(5,57-41)59-61-45)53-37(50)16-15-35(48)47-24-21-29-9-11-30(12-10-29)52-36(49)17-18-38(51)54-40-28(4)34-14-8-26(2)32-20-23-44(6)58-42(56-40)46(32,34)62-60-44/h9-12,25-28,31-34,39-42H,7-8,13-24H2,1-6H3,(H,47,48)/t25-,26-,27-,28-,31+,32+,33+,34+,39-,40-,41-,42-,43-,44-,45-,46-/m1/s1. The van der Waals surface area contributed by atoms with Crippen LogP contribution in [0.15, 0.2) is 24.3 Å². The molecule has 4 bridgehead atoms. The molecule has 16 atom stereocenters. The Labute approximate surface area is 362 Å². The fraction of sp³-hybridized carbons (Fsp3) is 0.783. The van der Waals surface area contributed by atoms with Crippen molar-refractivity contribution in [3.8, 4) is 5.75 Å². The summed E-state index contributed by atoms with van der Waals surface area (Å²) in [7, 11) is 0. The van der Waals surface area contributed by atoms with E-state index in [1.807, 2.05) is 27.7 Å². The van der Waals surface area contributed by atoms with E-state index in [1.165, 1.54) is 0 Å². The molecule has 10 aliphatic rings. The van der Waals surface area contributed by atoms with Crippen LogP contribution in [0.1, 0.15) is 124 Å². The molecule has 1 aromatic carbocycles. The van der Waals surface area contributed by atoms with Gasteiger partial charge in [0.15, 0.2) is 23.8 Å². The number of benzene rings is 1. The van der Waals surface area contributed by atoms with Crippen LogP contribution in [0.5, 0.6) is 5.75 Å². The SMILES string of the molecule is C[C@H]1[C@H](OC(=O)CCC(=O)NCCc2ccc(OC(=O)CCC(=O)O[C@@H]3O[C@@H]4O[C@@]5(C)CC[C@H]6[C@H](C)CC[C@@H]([C@H]3C)[C@@]46OO5)cc2)O[C@@H]2O[C@@]3(C)CC[C@H]4[C@H](C)CC[C@@H]1[C@@]24OO3. The molecule has 0 radical (unpaired) electrons. The van der Waals surface area contributed by atoms with Crippen LogP contribution in [-0.4, -0.2) is 78.3 Å². The maximum Gasteiger partial charge on any atom is 0.311 e. The number of ether oxygens (including phenoxy) is 7.